The Labute approximate surface area is 104 Å². The van der Waals surface area contributed by atoms with Gasteiger partial charge in [-0.25, -0.2) is 0 Å². The number of methoxy groups -OCH3 is 1. The highest BCUT2D eigenvalue weighted by molar-refractivity contribution is 5.43. The highest BCUT2D eigenvalue weighted by atomic mass is 16.5. The number of hydrogen-bond donors (Lipinski definition) is 2. The van der Waals surface area contributed by atoms with Gasteiger partial charge in [0, 0.05) is 18.7 Å². The van der Waals surface area contributed by atoms with Crippen LogP contribution in [-0.4, -0.2) is 20.2 Å². The van der Waals surface area contributed by atoms with Crippen molar-refractivity contribution in [2.24, 2.45) is 0 Å². The van der Waals surface area contributed by atoms with E-state index in [0.29, 0.717) is 0 Å². The molecule has 0 aliphatic carbocycles. The fourth-order valence-electron chi connectivity index (χ4n) is 2.29. The molecule has 3 nitrogen and oxygen atoms in total. The number of benzene rings is 1. The van der Waals surface area contributed by atoms with Crippen molar-refractivity contribution in [2.45, 2.75) is 32.9 Å². The van der Waals surface area contributed by atoms with Crippen LogP contribution in [-0.2, 0) is 19.5 Å². The second-order valence-electron chi connectivity index (χ2n) is 4.54. The summed E-state index contributed by atoms with van der Waals surface area (Å²) in [6.07, 6.45) is 2.29. The van der Waals surface area contributed by atoms with E-state index in [4.69, 9.17) is 4.74 Å². The number of hydrogen-bond acceptors (Lipinski definition) is 3. The van der Waals surface area contributed by atoms with Crippen LogP contribution in [0.5, 0.6) is 5.75 Å². The summed E-state index contributed by atoms with van der Waals surface area (Å²) in [5.41, 5.74) is 4.13. The fourth-order valence-corrected chi connectivity index (χ4v) is 2.29. The van der Waals surface area contributed by atoms with Crippen molar-refractivity contribution >= 4 is 0 Å². The second kappa shape index (κ2) is 6.03. The van der Waals surface area contributed by atoms with E-state index in [-0.39, 0.29) is 0 Å². The minimum atomic E-state index is 0.901. The van der Waals surface area contributed by atoms with Crippen LogP contribution in [0.4, 0.5) is 0 Å². The number of ether oxygens (including phenoxy) is 1. The van der Waals surface area contributed by atoms with Crippen LogP contribution in [0.15, 0.2) is 12.1 Å². The van der Waals surface area contributed by atoms with Crippen molar-refractivity contribution in [2.75, 3.05) is 20.2 Å². The van der Waals surface area contributed by atoms with Crippen LogP contribution in [0.3, 0.4) is 0 Å². The van der Waals surface area contributed by atoms with E-state index in [1.165, 1.54) is 16.7 Å². The molecule has 1 aromatic carbocycles. The monoisotopic (exact) mass is 234 g/mol. The van der Waals surface area contributed by atoms with Crippen LogP contribution in [0.25, 0.3) is 0 Å². The van der Waals surface area contributed by atoms with E-state index in [9.17, 15) is 0 Å². The van der Waals surface area contributed by atoms with E-state index in [1.807, 2.05) is 0 Å². The molecule has 3 heteroatoms. The van der Waals surface area contributed by atoms with Gasteiger partial charge in [-0.05, 0) is 43.1 Å². The van der Waals surface area contributed by atoms with Crippen LogP contribution in [0.1, 0.15) is 30.0 Å². The Balaban J connectivity index is 2.17. The van der Waals surface area contributed by atoms with Crippen molar-refractivity contribution in [3.63, 3.8) is 0 Å². The predicted octanol–water partition coefficient (Wildman–Crippen LogP) is 1.84. The Morgan fingerprint density at radius 2 is 2.24 bits per heavy atom. The largest absolute Gasteiger partial charge is 0.496 e. The lowest BCUT2D eigenvalue weighted by atomic mass is 9.97. The summed E-state index contributed by atoms with van der Waals surface area (Å²) in [5, 5.41) is 6.83. The van der Waals surface area contributed by atoms with E-state index in [2.05, 4.69) is 29.7 Å². The lowest BCUT2D eigenvalue weighted by Crippen LogP contribution is -2.24. The van der Waals surface area contributed by atoms with Crippen LogP contribution >= 0.6 is 0 Å². The average Bonchev–Trinajstić information content (AvgIpc) is 2.38. The third-order valence-corrected chi connectivity index (χ3v) is 3.23. The van der Waals surface area contributed by atoms with Crippen LogP contribution in [0.2, 0.25) is 0 Å². The summed E-state index contributed by atoms with van der Waals surface area (Å²) in [6.45, 7) is 6.19. The minimum Gasteiger partial charge on any atom is -0.496 e. The molecule has 0 spiro atoms. The first-order valence-electron chi connectivity index (χ1n) is 6.45. The molecule has 94 valence electrons. The van der Waals surface area contributed by atoms with E-state index in [1.54, 1.807) is 7.11 Å². The molecule has 2 rings (SSSR count). The molecule has 0 saturated heterocycles. The molecular formula is C14H22N2O. The molecule has 1 aromatic rings. The van der Waals surface area contributed by atoms with Gasteiger partial charge in [0.2, 0.25) is 0 Å². The lowest BCUT2D eigenvalue weighted by Gasteiger charge is -2.20. The fraction of sp³-hybridized carbons (Fsp3) is 0.571. The minimum absolute atomic E-state index is 0.901. The van der Waals surface area contributed by atoms with Crippen molar-refractivity contribution < 1.29 is 4.74 Å². The van der Waals surface area contributed by atoms with E-state index in [0.717, 1.165) is 44.8 Å². The maximum Gasteiger partial charge on any atom is 0.123 e. The summed E-state index contributed by atoms with van der Waals surface area (Å²) >= 11 is 0. The molecular weight excluding hydrogens is 212 g/mol. The Kier molecular flexibility index (Phi) is 4.40. The predicted molar refractivity (Wildman–Crippen MR) is 70.4 cm³/mol. The van der Waals surface area contributed by atoms with Gasteiger partial charge < -0.3 is 15.4 Å². The molecule has 0 amide bonds. The van der Waals surface area contributed by atoms with Gasteiger partial charge in [-0.1, -0.05) is 13.0 Å². The molecule has 0 unspecified atom stereocenters. The standard InChI is InChI=1S/C14H22N2O/c1-3-5-15-10-13-7-11-4-6-16-9-12(11)8-14(13)17-2/h7-8,15-16H,3-6,9-10H2,1-2H3. The number of fused-ring (bicyclic) bond motifs is 1. The van der Waals surface area contributed by atoms with Gasteiger partial charge in [0.1, 0.15) is 5.75 Å². The smallest absolute Gasteiger partial charge is 0.123 e. The first-order valence-corrected chi connectivity index (χ1v) is 6.45. The number of nitrogens with one attached hydrogen (secondary N) is 2. The normalized spacial score (nSPS) is 14.5. The molecule has 0 radical (unpaired) electrons. The quantitative estimate of drug-likeness (QED) is 0.763. The molecule has 0 saturated carbocycles. The zero-order chi connectivity index (χ0) is 12.1. The Bertz CT molecular complexity index is 377. The van der Waals surface area contributed by atoms with Gasteiger partial charge in [0.25, 0.3) is 0 Å². The molecule has 1 heterocycles. The zero-order valence-electron chi connectivity index (χ0n) is 10.8. The average molecular weight is 234 g/mol. The summed E-state index contributed by atoms with van der Waals surface area (Å²) in [5.74, 6) is 1.01. The van der Waals surface area contributed by atoms with Gasteiger partial charge in [0.15, 0.2) is 0 Å². The zero-order valence-corrected chi connectivity index (χ0v) is 10.8. The van der Waals surface area contributed by atoms with Gasteiger partial charge in [-0.3, -0.25) is 0 Å². The van der Waals surface area contributed by atoms with Crippen molar-refractivity contribution in [3.05, 3.63) is 28.8 Å². The summed E-state index contributed by atoms with van der Waals surface area (Å²) in [4.78, 5) is 0. The van der Waals surface area contributed by atoms with Gasteiger partial charge in [-0.2, -0.15) is 0 Å². The van der Waals surface area contributed by atoms with E-state index >= 15 is 0 Å². The lowest BCUT2D eigenvalue weighted by molar-refractivity contribution is 0.406. The van der Waals surface area contributed by atoms with Crippen molar-refractivity contribution in [3.8, 4) is 5.75 Å². The molecule has 0 aromatic heterocycles. The highest BCUT2D eigenvalue weighted by Gasteiger charge is 2.13. The summed E-state index contributed by atoms with van der Waals surface area (Å²) < 4.78 is 5.47. The van der Waals surface area contributed by atoms with Crippen molar-refractivity contribution in [1.29, 1.82) is 0 Å². The maximum absolute atomic E-state index is 5.47. The third kappa shape index (κ3) is 2.99. The Hall–Kier alpha value is -1.06. The molecule has 0 atom stereocenters. The van der Waals surface area contributed by atoms with Gasteiger partial charge >= 0.3 is 0 Å². The molecule has 0 bridgehead atoms. The molecule has 0 fully saturated rings. The molecule has 1 aliphatic heterocycles. The Morgan fingerprint density at radius 3 is 3.00 bits per heavy atom. The Morgan fingerprint density at radius 1 is 1.35 bits per heavy atom. The summed E-state index contributed by atoms with van der Waals surface area (Å²) in [7, 11) is 1.75. The van der Waals surface area contributed by atoms with Crippen LogP contribution < -0.4 is 15.4 Å². The molecule has 2 N–H and O–H groups in total. The first-order chi connectivity index (χ1) is 8.35. The summed E-state index contributed by atoms with van der Waals surface area (Å²) in [6, 6.07) is 4.49. The molecule has 17 heavy (non-hydrogen) atoms. The van der Waals surface area contributed by atoms with Gasteiger partial charge in [-0.15, -0.1) is 0 Å². The van der Waals surface area contributed by atoms with Crippen LogP contribution in [0, 0.1) is 0 Å². The number of rotatable bonds is 5. The SMILES string of the molecule is CCCNCc1cc2c(cc1OC)CNCC2. The van der Waals surface area contributed by atoms with E-state index < -0.39 is 0 Å². The van der Waals surface area contributed by atoms with Crippen molar-refractivity contribution in [1.82, 2.24) is 10.6 Å². The maximum atomic E-state index is 5.47. The third-order valence-electron chi connectivity index (χ3n) is 3.23. The first kappa shape index (κ1) is 12.4. The molecule has 1 aliphatic rings. The second-order valence-corrected chi connectivity index (χ2v) is 4.54. The topological polar surface area (TPSA) is 33.3 Å². The van der Waals surface area contributed by atoms with Gasteiger partial charge in [0.05, 0.1) is 7.11 Å². The highest BCUT2D eigenvalue weighted by Crippen LogP contribution is 2.25.